The zero-order chi connectivity index (χ0) is 15.6. The van der Waals surface area contributed by atoms with Gasteiger partial charge in [-0.15, -0.1) is 0 Å². The van der Waals surface area contributed by atoms with E-state index in [9.17, 15) is 15.3 Å². The van der Waals surface area contributed by atoms with Crippen LogP contribution in [-0.4, -0.2) is 15.3 Å². The second-order valence-electron chi connectivity index (χ2n) is 5.17. The molecule has 0 aliphatic heterocycles. The predicted octanol–water partition coefficient (Wildman–Crippen LogP) is 4.16. The lowest BCUT2D eigenvalue weighted by molar-refractivity contribution is 0.365. The molecule has 0 amide bonds. The van der Waals surface area contributed by atoms with Gasteiger partial charge in [0, 0.05) is 5.56 Å². The SMILES string of the molecule is CCc1ccc(-c2cc(O)c(O)c(O)c2CC)c(CC)c1. The van der Waals surface area contributed by atoms with Crippen LogP contribution in [0, 0.1) is 0 Å². The first-order chi connectivity index (χ1) is 10.0. The molecular weight excluding hydrogens is 264 g/mol. The van der Waals surface area contributed by atoms with Crippen LogP contribution in [0.3, 0.4) is 0 Å². The van der Waals surface area contributed by atoms with Gasteiger partial charge in [-0.25, -0.2) is 0 Å². The Morgan fingerprint density at radius 3 is 2.05 bits per heavy atom. The summed E-state index contributed by atoms with van der Waals surface area (Å²) in [4.78, 5) is 0. The molecule has 0 radical (unpaired) electrons. The smallest absolute Gasteiger partial charge is 0.200 e. The molecule has 0 spiro atoms. The molecule has 3 heteroatoms. The molecular formula is C18H22O3. The van der Waals surface area contributed by atoms with E-state index in [1.54, 1.807) is 0 Å². The summed E-state index contributed by atoms with van der Waals surface area (Å²) in [6, 6.07) is 7.79. The fourth-order valence-electron chi connectivity index (χ4n) is 2.70. The lowest BCUT2D eigenvalue weighted by atomic mass is 9.90. The van der Waals surface area contributed by atoms with Crippen LogP contribution in [0.25, 0.3) is 11.1 Å². The molecule has 2 aromatic carbocycles. The first-order valence-corrected chi connectivity index (χ1v) is 7.42. The third-order valence-electron chi connectivity index (χ3n) is 3.96. The number of aromatic hydroxyl groups is 3. The zero-order valence-corrected chi connectivity index (χ0v) is 12.8. The van der Waals surface area contributed by atoms with Crippen molar-refractivity contribution in [3.8, 4) is 28.4 Å². The van der Waals surface area contributed by atoms with Crippen LogP contribution in [0.15, 0.2) is 24.3 Å². The number of hydrogen-bond donors (Lipinski definition) is 3. The van der Waals surface area contributed by atoms with Gasteiger partial charge in [-0.3, -0.25) is 0 Å². The highest BCUT2D eigenvalue weighted by molar-refractivity contribution is 5.77. The van der Waals surface area contributed by atoms with Gasteiger partial charge in [0.05, 0.1) is 0 Å². The number of hydrogen-bond acceptors (Lipinski definition) is 3. The molecule has 21 heavy (non-hydrogen) atoms. The minimum Gasteiger partial charge on any atom is -0.504 e. The molecule has 0 aliphatic rings. The van der Waals surface area contributed by atoms with Crippen molar-refractivity contribution in [3.05, 3.63) is 41.0 Å². The topological polar surface area (TPSA) is 60.7 Å². The monoisotopic (exact) mass is 286 g/mol. The number of aryl methyl sites for hydroxylation is 2. The van der Waals surface area contributed by atoms with E-state index in [0.29, 0.717) is 12.0 Å². The van der Waals surface area contributed by atoms with Gasteiger partial charge in [0.1, 0.15) is 0 Å². The Balaban J connectivity index is 2.72. The van der Waals surface area contributed by atoms with Crippen molar-refractivity contribution in [2.75, 3.05) is 0 Å². The summed E-state index contributed by atoms with van der Waals surface area (Å²) in [6.07, 6.45) is 2.42. The van der Waals surface area contributed by atoms with Crippen LogP contribution in [0.1, 0.15) is 37.5 Å². The van der Waals surface area contributed by atoms with E-state index in [4.69, 9.17) is 0 Å². The summed E-state index contributed by atoms with van der Waals surface area (Å²) in [5, 5.41) is 29.6. The van der Waals surface area contributed by atoms with E-state index < -0.39 is 5.75 Å². The minimum absolute atomic E-state index is 0.228. The molecule has 2 rings (SSSR count). The lowest BCUT2D eigenvalue weighted by Gasteiger charge is -2.16. The van der Waals surface area contributed by atoms with Crippen LogP contribution in [0.2, 0.25) is 0 Å². The van der Waals surface area contributed by atoms with Gasteiger partial charge in [0.2, 0.25) is 5.75 Å². The van der Waals surface area contributed by atoms with Crippen molar-refractivity contribution in [2.45, 2.75) is 40.0 Å². The van der Waals surface area contributed by atoms with E-state index >= 15 is 0 Å². The fourth-order valence-corrected chi connectivity index (χ4v) is 2.70. The predicted molar refractivity (Wildman–Crippen MR) is 85.0 cm³/mol. The summed E-state index contributed by atoms with van der Waals surface area (Å²) >= 11 is 0. The Kier molecular flexibility index (Phi) is 4.41. The summed E-state index contributed by atoms with van der Waals surface area (Å²) in [5.41, 5.74) is 4.88. The Morgan fingerprint density at radius 1 is 0.762 bits per heavy atom. The summed E-state index contributed by atoms with van der Waals surface area (Å²) < 4.78 is 0. The third-order valence-corrected chi connectivity index (χ3v) is 3.96. The van der Waals surface area contributed by atoms with Crippen molar-refractivity contribution < 1.29 is 15.3 Å². The Labute approximate surface area is 125 Å². The number of benzene rings is 2. The number of phenols is 3. The summed E-state index contributed by atoms with van der Waals surface area (Å²) in [6.45, 7) is 6.12. The van der Waals surface area contributed by atoms with Gasteiger partial charge >= 0.3 is 0 Å². The van der Waals surface area contributed by atoms with Gasteiger partial charge < -0.3 is 15.3 Å². The average Bonchev–Trinajstić information content (AvgIpc) is 2.51. The maximum atomic E-state index is 10.1. The molecule has 0 saturated heterocycles. The zero-order valence-electron chi connectivity index (χ0n) is 12.8. The van der Waals surface area contributed by atoms with Gasteiger partial charge in [-0.1, -0.05) is 39.0 Å². The van der Waals surface area contributed by atoms with Crippen molar-refractivity contribution >= 4 is 0 Å². The molecule has 3 N–H and O–H groups in total. The van der Waals surface area contributed by atoms with E-state index in [0.717, 1.165) is 24.0 Å². The first kappa shape index (κ1) is 15.2. The fraction of sp³-hybridized carbons (Fsp3) is 0.333. The second-order valence-corrected chi connectivity index (χ2v) is 5.17. The van der Waals surface area contributed by atoms with E-state index in [1.807, 2.05) is 13.0 Å². The quantitative estimate of drug-likeness (QED) is 0.740. The van der Waals surface area contributed by atoms with Gasteiger partial charge in [0.25, 0.3) is 0 Å². The van der Waals surface area contributed by atoms with E-state index in [1.165, 1.54) is 17.2 Å². The Bertz CT molecular complexity index is 660. The number of rotatable bonds is 4. The molecule has 0 fully saturated rings. The maximum absolute atomic E-state index is 10.1. The highest BCUT2D eigenvalue weighted by Gasteiger charge is 2.18. The molecule has 0 aliphatic carbocycles. The van der Waals surface area contributed by atoms with Crippen molar-refractivity contribution in [1.29, 1.82) is 0 Å². The van der Waals surface area contributed by atoms with Crippen molar-refractivity contribution in [2.24, 2.45) is 0 Å². The Hall–Kier alpha value is -2.16. The third kappa shape index (κ3) is 2.68. The van der Waals surface area contributed by atoms with Crippen LogP contribution in [0.5, 0.6) is 17.2 Å². The lowest BCUT2D eigenvalue weighted by Crippen LogP contribution is -1.95. The van der Waals surface area contributed by atoms with Gasteiger partial charge in [-0.05, 0) is 47.6 Å². The first-order valence-electron chi connectivity index (χ1n) is 7.42. The van der Waals surface area contributed by atoms with E-state index in [-0.39, 0.29) is 11.5 Å². The molecule has 3 nitrogen and oxygen atoms in total. The highest BCUT2D eigenvalue weighted by Crippen LogP contribution is 2.44. The van der Waals surface area contributed by atoms with Crippen molar-refractivity contribution in [1.82, 2.24) is 0 Å². The summed E-state index contributed by atoms with van der Waals surface area (Å²) in [7, 11) is 0. The van der Waals surface area contributed by atoms with Gasteiger partial charge in [-0.2, -0.15) is 0 Å². The van der Waals surface area contributed by atoms with Crippen LogP contribution >= 0.6 is 0 Å². The normalized spacial score (nSPS) is 10.8. The Morgan fingerprint density at radius 2 is 1.48 bits per heavy atom. The largest absolute Gasteiger partial charge is 0.504 e. The highest BCUT2D eigenvalue weighted by atomic mass is 16.3. The average molecular weight is 286 g/mol. The van der Waals surface area contributed by atoms with Crippen LogP contribution in [0.4, 0.5) is 0 Å². The number of phenolic OH excluding ortho intramolecular Hbond substituents is 3. The molecule has 112 valence electrons. The second kappa shape index (κ2) is 6.08. The molecule has 0 aromatic heterocycles. The van der Waals surface area contributed by atoms with Gasteiger partial charge in [0.15, 0.2) is 11.5 Å². The molecule has 2 aromatic rings. The molecule has 0 unspecified atom stereocenters. The molecule has 0 heterocycles. The van der Waals surface area contributed by atoms with E-state index in [2.05, 4.69) is 26.0 Å². The maximum Gasteiger partial charge on any atom is 0.200 e. The molecule has 0 atom stereocenters. The standard InChI is InChI=1S/C18H22O3/c1-4-11-7-8-14(12(5-2)9-11)15-10-16(19)18(21)17(20)13(15)6-3/h7-10,19-21H,4-6H2,1-3H3. The minimum atomic E-state index is -0.446. The molecule has 0 saturated carbocycles. The van der Waals surface area contributed by atoms with Crippen LogP contribution < -0.4 is 0 Å². The van der Waals surface area contributed by atoms with Crippen LogP contribution in [-0.2, 0) is 19.3 Å². The van der Waals surface area contributed by atoms with Crippen molar-refractivity contribution in [3.63, 3.8) is 0 Å². The summed E-state index contributed by atoms with van der Waals surface area (Å²) in [5.74, 6) is -0.964. The molecule has 0 bridgehead atoms.